The van der Waals surface area contributed by atoms with Crippen LogP contribution in [0.25, 0.3) is 0 Å². The molecule has 128 valence electrons. The molecule has 23 heavy (non-hydrogen) atoms. The van der Waals surface area contributed by atoms with Gasteiger partial charge >= 0.3 is 5.97 Å². The van der Waals surface area contributed by atoms with Crippen molar-refractivity contribution in [3.8, 4) is 0 Å². The van der Waals surface area contributed by atoms with Crippen LogP contribution < -0.4 is 0 Å². The number of piperazine rings is 1. The minimum absolute atomic E-state index is 0.0482. The van der Waals surface area contributed by atoms with Crippen LogP contribution in [0.1, 0.15) is 42.1 Å². The first-order valence-corrected chi connectivity index (χ1v) is 8.15. The number of nitrogens with zero attached hydrogens (tertiary/aromatic N) is 2. The third-order valence-corrected chi connectivity index (χ3v) is 4.38. The predicted molar refractivity (Wildman–Crippen MR) is 86.4 cm³/mol. The molecule has 1 fully saturated rings. The van der Waals surface area contributed by atoms with Gasteiger partial charge in [-0.15, -0.1) is 0 Å². The van der Waals surface area contributed by atoms with E-state index >= 15 is 0 Å². The fraction of sp³-hybridized carbons (Fsp3) is 0.647. The third kappa shape index (κ3) is 4.13. The van der Waals surface area contributed by atoms with Gasteiger partial charge in [-0.2, -0.15) is 0 Å². The van der Waals surface area contributed by atoms with Crippen molar-refractivity contribution < 1.29 is 18.7 Å². The van der Waals surface area contributed by atoms with Crippen LogP contribution in [0.2, 0.25) is 0 Å². The maximum Gasteiger partial charge on any atom is 0.306 e. The van der Waals surface area contributed by atoms with Crippen LogP contribution >= 0.6 is 0 Å². The molecular formula is C17H26N2O4. The summed E-state index contributed by atoms with van der Waals surface area (Å²) in [4.78, 5) is 27.9. The van der Waals surface area contributed by atoms with Crippen molar-refractivity contribution >= 4 is 11.9 Å². The van der Waals surface area contributed by atoms with Crippen molar-refractivity contribution in [3.63, 3.8) is 0 Å². The second kappa shape index (κ2) is 7.64. The molecule has 1 aromatic rings. The van der Waals surface area contributed by atoms with Crippen molar-refractivity contribution in [1.82, 2.24) is 9.80 Å². The zero-order valence-electron chi connectivity index (χ0n) is 14.4. The third-order valence-electron chi connectivity index (χ3n) is 4.38. The van der Waals surface area contributed by atoms with E-state index in [1.165, 1.54) is 7.11 Å². The van der Waals surface area contributed by atoms with E-state index < -0.39 is 0 Å². The highest BCUT2D eigenvalue weighted by atomic mass is 16.5. The summed E-state index contributed by atoms with van der Waals surface area (Å²) in [5, 5.41) is 0. The number of amides is 1. The Morgan fingerprint density at radius 2 is 2.13 bits per heavy atom. The molecule has 0 unspecified atom stereocenters. The standard InChI is InChI=1S/C17H26N2O4/c1-5-14-12(2)10-15(23-14)17(21)19-9-8-18(11-13(19)3)7-6-16(20)22-4/h10,13H,5-9,11H2,1-4H3/t13-/m1/s1. The molecule has 1 aliphatic heterocycles. The van der Waals surface area contributed by atoms with Gasteiger partial charge in [0.15, 0.2) is 5.76 Å². The molecule has 0 aromatic carbocycles. The summed E-state index contributed by atoms with van der Waals surface area (Å²) in [5.74, 6) is 1.05. The molecule has 2 rings (SSSR count). The molecule has 1 atom stereocenters. The van der Waals surface area contributed by atoms with Gasteiger partial charge in [-0.05, 0) is 25.5 Å². The molecule has 6 heteroatoms. The normalized spacial score (nSPS) is 19.0. The molecule has 6 nitrogen and oxygen atoms in total. The minimum Gasteiger partial charge on any atom is -0.469 e. The van der Waals surface area contributed by atoms with Crippen LogP contribution in [0.5, 0.6) is 0 Å². The van der Waals surface area contributed by atoms with Gasteiger partial charge in [0.25, 0.3) is 5.91 Å². The van der Waals surface area contributed by atoms with Crippen molar-refractivity contribution in [2.45, 2.75) is 39.7 Å². The molecule has 0 saturated carbocycles. The largest absolute Gasteiger partial charge is 0.469 e. The Bertz CT molecular complexity index is 567. The average Bonchev–Trinajstić information content (AvgIpc) is 2.93. The molecular weight excluding hydrogens is 296 g/mol. The number of hydrogen-bond donors (Lipinski definition) is 0. The first-order chi connectivity index (χ1) is 11.0. The number of furan rings is 1. The lowest BCUT2D eigenvalue weighted by Crippen LogP contribution is -2.54. The van der Waals surface area contributed by atoms with Crippen molar-refractivity contribution in [3.05, 3.63) is 23.2 Å². The van der Waals surface area contributed by atoms with Crippen LogP contribution in [-0.4, -0.2) is 61.0 Å². The van der Waals surface area contributed by atoms with Gasteiger partial charge in [0.05, 0.1) is 13.5 Å². The van der Waals surface area contributed by atoms with Crippen LogP contribution in [0, 0.1) is 6.92 Å². The molecule has 0 bridgehead atoms. The van der Waals surface area contributed by atoms with Gasteiger partial charge in [0, 0.05) is 38.6 Å². The summed E-state index contributed by atoms with van der Waals surface area (Å²) in [6, 6.07) is 1.92. The Morgan fingerprint density at radius 3 is 2.70 bits per heavy atom. The molecule has 1 aliphatic rings. The Hall–Kier alpha value is -1.82. The highest BCUT2D eigenvalue weighted by Crippen LogP contribution is 2.19. The number of carbonyl (C=O) groups is 2. The SMILES string of the molecule is CCc1oc(C(=O)N2CCN(CCC(=O)OC)C[C@H]2C)cc1C. The lowest BCUT2D eigenvalue weighted by atomic mass is 10.1. The van der Waals surface area contributed by atoms with Crippen LogP contribution in [-0.2, 0) is 16.0 Å². The maximum absolute atomic E-state index is 12.7. The zero-order valence-corrected chi connectivity index (χ0v) is 14.4. The molecule has 2 heterocycles. The molecule has 0 aliphatic carbocycles. The Morgan fingerprint density at radius 1 is 1.39 bits per heavy atom. The topological polar surface area (TPSA) is 63.0 Å². The number of methoxy groups -OCH3 is 1. The second-order valence-electron chi connectivity index (χ2n) is 6.04. The van der Waals surface area contributed by atoms with Gasteiger partial charge < -0.3 is 14.1 Å². The van der Waals surface area contributed by atoms with E-state index in [4.69, 9.17) is 4.42 Å². The summed E-state index contributed by atoms with van der Waals surface area (Å²) >= 11 is 0. The number of ether oxygens (including phenoxy) is 1. The highest BCUT2D eigenvalue weighted by molar-refractivity contribution is 5.92. The second-order valence-corrected chi connectivity index (χ2v) is 6.04. The van der Waals surface area contributed by atoms with Gasteiger partial charge in [0.1, 0.15) is 5.76 Å². The fourth-order valence-electron chi connectivity index (χ4n) is 3.01. The van der Waals surface area contributed by atoms with Crippen LogP contribution in [0.15, 0.2) is 10.5 Å². The Labute approximate surface area is 137 Å². The van der Waals surface area contributed by atoms with E-state index in [9.17, 15) is 9.59 Å². The maximum atomic E-state index is 12.7. The zero-order chi connectivity index (χ0) is 17.0. The van der Waals surface area contributed by atoms with Gasteiger partial charge in [0.2, 0.25) is 0 Å². The summed E-state index contributed by atoms with van der Waals surface area (Å²) in [5.41, 5.74) is 1.03. The monoisotopic (exact) mass is 322 g/mol. The van der Waals surface area contributed by atoms with Crippen molar-refractivity contribution in [2.24, 2.45) is 0 Å². The Kier molecular flexibility index (Phi) is 5.82. The number of hydrogen-bond acceptors (Lipinski definition) is 5. The van der Waals surface area contributed by atoms with Crippen molar-refractivity contribution in [1.29, 1.82) is 0 Å². The van der Waals surface area contributed by atoms with E-state index in [0.717, 1.165) is 30.8 Å². The molecule has 1 aromatic heterocycles. The summed E-state index contributed by atoms with van der Waals surface area (Å²) < 4.78 is 10.3. The van der Waals surface area contributed by atoms with E-state index in [-0.39, 0.29) is 17.9 Å². The Balaban J connectivity index is 1.94. The summed E-state index contributed by atoms with van der Waals surface area (Å²) in [6.07, 6.45) is 1.17. The minimum atomic E-state index is -0.200. The average molecular weight is 322 g/mol. The fourth-order valence-corrected chi connectivity index (χ4v) is 3.01. The number of rotatable bonds is 5. The van der Waals surface area contributed by atoms with E-state index in [1.807, 2.05) is 31.7 Å². The number of esters is 1. The summed E-state index contributed by atoms with van der Waals surface area (Å²) in [6.45, 7) is 8.83. The quantitative estimate of drug-likeness (QED) is 0.774. The van der Waals surface area contributed by atoms with Crippen molar-refractivity contribution in [2.75, 3.05) is 33.3 Å². The number of aryl methyl sites for hydroxylation is 2. The lowest BCUT2D eigenvalue weighted by Gasteiger charge is -2.39. The first kappa shape index (κ1) is 17.5. The predicted octanol–water partition coefficient (Wildman–Crippen LogP) is 1.86. The highest BCUT2D eigenvalue weighted by Gasteiger charge is 2.30. The first-order valence-electron chi connectivity index (χ1n) is 8.15. The van der Waals surface area contributed by atoms with E-state index in [1.54, 1.807) is 0 Å². The molecule has 0 radical (unpaired) electrons. The van der Waals surface area contributed by atoms with Gasteiger partial charge in [-0.1, -0.05) is 6.92 Å². The van der Waals surface area contributed by atoms with E-state index in [0.29, 0.717) is 25.3 Å². The van der Waals surface area contributed by atoms with Crippen LogP contribution in [0.4, 0.5) is 0 Å². The molecule has 0 N–H and O–H groups in total. The van der Waals surface area contributed by atoms with Crippen LogP contribution in [0.3, 0.4) is 0 Å². The molecule has 1 amide bonds. The van der Waals surface area contributed by atoms with Gasteiger partial charge in [-0.25, -0.2) is 0 Å². The smallest absolute Gasteiger partial charge is 0.306 e. The molecule has 0 spiro atoms. The summed E-state index contributed by atoms with van der Waals surface area (Å²) in [7, 11) is 1.40. The van der Waals surface area contributed by atoms with Gasteiger partial charge in [-0.3, -0.25) is 14.5 Å². The number of carbonyl (C=O) groups excluding carboxylic acids is 2. The molecule has 1 saturated heterocycles. The van der Waals surface area contributed by atoms with E-state index in [2.05, 4.69) is 9.64 Å². The lowest BCUT2D eigenvalue weighted by molar-refractivity contribution is -0.141.